The van der Waals surface area contributed by atoms with Crippen molar-refractivity contribution in [3.8, 4) is 11.8 Å². The maximum Gasteiger partial charge on any atom is 0.417 e. The lowest BCUT2D eigenvalue weighted by Crippen LogP contribution is -2.38. The van der Waals surface area contributed by atoms with Crippen LogP contribution in [0.1, 0.15) is 38.8 Å². The maximum absolute atomic E-state index is 12.9. The number of hydrogen-bond donors (Lipinski definition) is 1. The lowest BCUT2D eigenvalue weighted by molar-refractivity contribution is -0.137. The molecule has 0 heterocycles. The van der Waals surface area contributed by atoms with E-state index in [9.17, 15) is 18.3 Å². The van der Waals surface area contributed by atoms with Crippen LogP contribution in [-0.4, -0.2) is 17.8 Å². The number of halogens is 3. The predicted octanol–water partition coefficient (Wildman–Crippen LogP) is 4.00. The lowest BCUT2D eigenvalue weighted by Gasteiger charge is -2.33. The average Bonchev–Trinajstić information content (AvgIpc) is 2.43. The van der Waals surface area contributed by atoms with Crippen LogP contribution in [0, 0.1) is 22.7 Å². The van der Waals surface area contributed by atoms with Crippen LogP contribution >= 0.6 is 0 Å². The van der Waals surface area contributed by atoms with Gasteiger partial charge in [-0.1, -0.05) is 27.7 Å². The van der Waals surface area contributed by atoms with E-state index >= 15 is 0 Å². The fourth-order valence-corrected chi connectivity index (χ4v) is 2.20. The summed E-state index contributed by atoms with van der Waals surface area (Å²) in [6, 6.07) is 4.75. The van der Waals surface area contributed by atoms with Gasteiger partial charge in [0.1, 0.15) is 5.75 Å². The molecular formula is C16H20F3NO2. The smallest absolute Gasteiger partial charge is 0.417 e. The Kier molecular flexibility index (Phi) is 5.47. The molecule has 0 spiro atoms. The summed E-state index contributed by atoms with van der Waals surface area (Å²) >= 11 is 0. The highest BCUT2D eigenvalue weighted by Gasteiger charge is 2.35. The SMILES string of the molecule is CC(C)C(O)C(C)(C)COc1ccc(C#N)c(C(F)(F)F)c1. The van der Waals surface area contributed by atoms with Gasteiger partial charge in [-0.25, -0.2) is 0 Å². The van der Waals surface area contributed by atoms with E-state index in [0.29, 0.717) is 0 Å². The minimum absolute atomic E-state index is 0.00491. The van der Waals surface area contributed by atoms with Gasteiger partial charge >= 0.3 is 6.18 Å². The molecular weight excluding hydrogens is 295 g/mol. The van der Waals surface area contributed by atoms with Crippen LogP contribution in [0.25, 0.3) is 0 Å². The first-order valence-corrected chi connectivity index (χ1v) is 6.91. The van der Waals surface area contributed by atoms with Gasteiger partial charge in [-0.05, 0) is 24.1 Å². The third-order valence-electron chi connectivity index (χ3n) is 3.46. The second-order valence-corrected chi connectivity index (χ2v) is 6.28. The molecule has 0 amide bonds. The molecule has 0 saturated heterocycles. The van der Waals surface area contributed by atoms with Crippen molar-refractivity contribution in [2.75, 3.05) is 6.61 Å². The monoisotopic (exact) mass is 315 g/mol. The van der Waals surface area contributed by atoms with E-state index in [4.69, 9.17) is 10.00 Å². The van der Waals surface area contributed by atoms with Crippen LogP contribution < -0.4 is 4.74 Å². The zero-order valence-electron chi connectivity index (χ0n) is 13.0. The molecule has 1 aromatic rings. The topological polar surface area (TPSA) is 53.2 Å². The van der Waals surface area contributed by atoms with E-state index in [1.165, 1.54) is 12.1 Å². The summed E-state index contributed by atoms with van der Waals surface area (Å²) in [6.07, 6.45) is -5.26. The van der Waals surface area contributed by atoms with Crippen molar-refractivity contribution >= 4 is 0 Å². The van der Waals surface area contributed by atoms with Crippen molar-refractivity contribution in [1.29, 1.82) is 5.26 Å². The molecule has 122 valence electrons. The fraction of sp³-hybridized carbons (Fsp3) is 0.562. The summed E-state index contributed by atoms with van der Waals surface area (Å²) in [5, 5.41) is 18.8. The minimum atomic E-state index is -4.61. The molecule has 3 nitrogen and oxygen atoms in total. The van der Waals surface area contributed by atoms with Crippen LogP contribution in [0.15, 0.2) is 18.2 Å². The molecule has 0 saturated carbocycles. The van der Waals surface area contributed by atoms with Crippen molar-refractivity contribution in [3.63, 3.8) is 0 Å². The van der Waals surface area contributed by atoms with Gasteiger partial charge < -0.3 is 9.84 Å². The normalized spacial score (nSPS) is 13.8. The molecule has 22 heavy (non-hydrogen) atoms. The zero-order chi connectivity index (χ0) is 17.1. The Labute approximate surface area is 128 Å². The van der Waals surface area contributed by atoms with Gasteiger partial charge in [-0.3, -0.25) is 0 Å². The summed E-state index contributed by atoms with van der Waals surface area (Å²) in [6.45, 7) is 7.35. The highest BCUT2D eigenvalue weighted by molar-refractivity contribution is 5.44. The number of hydrogen-bond acceptors (Lipinski definition) is 3. The van der Waals surface area contributed by atoms with Crippen LogP contribution in [0.2, 0.25) is 0 Å². The van der Waals surface area contributed by atoms with Gasteiger partial charge in [0.05, 0.1) is 29.9 Å². The molecule has 0 aromatic heterocycles. The molecule has 1 rings (SSSR count). The lowest BCUT2D eigenvalue weighted by atomic mass is 9.81. The molecule has 1 unspecified atom stereocenters. The number of nitriles is 1. The van der Waals surface area contributed by atoms with Gasteiger partial charge in [0.2, 0.25) is 0 Å². The van der Waals surface area contributed by atoms with Crippen molar-refractivity contribution in [3.05, 3.63) is 29.3 Å². The third kappa shape index (κ3) is 4.38. The Morgan fingerprint density at radius 1 is 1.27 bits per heavy atom. The number of alkyl halides is 3. The number of nitrogens with zero attached hydrogens (tertiary/aromatic N) is 1. The number of ether oxygens (including phenoxy) is 1. The van der Waals surface area contributed by atoms with Crippen molar-refractivity contribution < 1.29 is 23.0 Å². The van der Waals surface area contributed by atoms with E-state index in [-0.39, 0.29) is 18.3 Å². The molecule has 6 heteroatoms. The Morgan fingerprint density at radius 2 is 1.86 bits per heavy atom. The number of aliphatic hydroxyl groups excluding tert-OH is 1. The summed E-state index contributed by atoms with van der Waals surface area (Å²) in [7, 11) is 0. The highest BCUT2D eigenvalue weighted by Crippen LogP contribution is 2.35. The predicted molar refractivity (Wildman–Crippen MR) is 76.3 cm³/mol. The second-order valence-electron chi connectivity index (χ2n) is 6.28. The first-order chi connectivity index (χ1) is 9.99. The van der Waals surface area contributed by atoms with Crippen molar-refractivity contribution in [2.24, 2.45) is 11.3 Å². The van der Waals surface area contributed by atoms with Gasteiger partial charge in [0.25, 0.3) is 0 Å². The first kappa shape index (κ1) is 18.3. The van der Waals surface area contributed by atoms with Crippen LogP contribution in [-0.2, 0) is 6.18 Å². The summed E-state index contributed by atoms with van der Waals surface area (Å²) in [4.78, 5) is 0. The molecule has 0 fully saturated rings. The third-order valence-corrected chi connectivity index (χ3v) is 3.46. The Bertz CT molecular complexity index is 559. The van der Waals surface area contributed by atoms with Gasteiger partial charge in [-0.15, -0.1) is 0 Å². The quantitative estimate of drug-likeness (QED) is 0.893. The minimum Gasteiger partial charge on any atom is -0.493 e. The number of benzene rings is 1. The van der Waals surface area contributed by atoms with E-state index in [1.54, 1.807) is 13.8 Å². The van der Waals surface area contributed by atoms with Gasteiger partial charge in [0.15, 0.2) is 0 Å². The maximum atomic E-state index is 12.9. The van der Waals surface area contributed by atoms with Crippen LogP contribution in [0.5, 0.6) is 5.75 Å². The molecule has 0 bridgehead atoms. The fourth-order valence-electron chi connectivity index (χ4n) is 2.20. The molecule has 0 aliphatic heterocycles. The van der Waals surface area contributed by atoms with Crippen molar-refractivity contribution in [1.82, 2.24) is 0 Å². The standard InChI is InChI=1S/C16H20F3NO2/c1-10(2)14(21)15(3,4)9-22-12-6-5-11(8-20)13(7-12)16(17,18)19/h5-7,10,14,21H,9H2,1-4H3. The van der Waals surface area contributed by atoms with Crippen LogP contribution in [0.3, 0.4) is 0 Å². The van der Waals surface area contributed by atoms with Gasteiger partial charge in [0, 0.05) is 5.41 Å². The molecule has 1 N–H and O–H groups in total. The van der Waals surface area contributed by atoms with Crippen molar-refractivity contribution in [2.45, 2.75) is 40.0 Å². The largest absolute Gasteiger partial charge is 0.493 e. The molecule has 1 atom stereocenters. The van der Waals surface area contributed by atoms with E-state index < -0.39 is 28.8 Å². The highest BCUT2D eigenvalue weighted by atomic mass is 19.4. The Hall–Kier alpha value is -1.74. The van der Waals surface area contributed by atoms with E-state index in [1.807, 2.05) is 13.8 Å². The van der Waals surface area contributed by atoms with E-state index in [2.05, 4.69) is 0 Å². The summed E-state index contributed by atoms with van der Waals surface area (Å²) in [5.41, 5.74) is -2.07. The molecule has 0 aliphatic rings. The second kappa shape index (κ2) is 6.57. The molecule has 1 aromatic carbocycles. The Balaban J connectivity index is 2.95. The Morgan fingerprint density at radius 3 is 2.32 bits per heavy atom. The molecule has 0 aliphatic carbocycles. The van der Waals surface area contributed by atoms with E-state index in [0.717, 1.165) is 12.1 Å². The van der Waals surface area contributed by atoms with Crippen LogP contribution in [0.4, 0.5) is 13.2 Å². The zero-order valence-corrected chi connectivity index (χ0v) is 13.0. The number of rotatable bonds is 5. The summed E-state index contributed by atoms with van der Waals surface area (Å²) < 4.78 is 44.0. The molecule has 0 radical (unpaired) electrons. The first-order valence-electron chi connectivity index (χ1n) is 6.91. The van der Waals surface area contributed by atoms with Gasteiger partial charge in [-0.2, -0.15) is 18.4 Å². The average molecular weight is 315 g/mol. The summed E-state index contributed by atoms with van der Waals surface area (Å²) in [5.74, 6) is 0.0284. The number of aliphatic hydroxyl groups is 1.